The van der Waals surface area contributed by atoms with Gasteiger partial charge in [0.1, 0.15) is 11.4 Å². The monoisotopic (exact) mass is 450 g/mol. The van der Waals surface area contributed by atoms with E-state index in [1.54, 1.807) is 43.3 Å². The minimum absolute atomic E-state index is 0.0168. The van der Waals surface area contributed by atoms with E-state index < -0.39 is 17.4 Å². The first kappa shape index (κ1) is 23.7. The van der Waals surface area contributed by atoms with Gasteiger partial charge in [-0.1, -0.05) is 32.0 Å². The van der Waals surface area contributed by atoms with Crippen molar-refractivity contribution >= 4 is 23.6 Å². The van der Waals surface area contributed by atoms with Crippen molar-refractivity contribution in [3.63, 3.8) is 0 Å². The van der Waals surface area contributed by atoms with E-state index in [2.05, 4.69) is 15.6 Å². The number of amides is 3. The number of nitrogens with one attached hydrogen (secondary N) is 2. The number of rotatable bonds is 7. The quantitative estimate of drug-likeness (QED) is 0.597. The van der Waals surface area contributed by atoms with Crippen LogP contribution in [0.5, 0.6) is 0 Å². The third-order valence-corrected chi connectivity index (χ3v) is 5.30. The van der Waals surface area contributed by atoms with Crippen molar-refractivity contribution in [1.82, 2.24) is 10.2 Å². The molecule has 4 N–H and O–H groups in total. The largest absolute Gasteiger partial charge is 0.369 e. The summed E-state index contributed by atoms with van der Waals surface area (Å²) in [4.78, 5) is 30.6. The van der Waals surface area contributed by atoms with Crippen LogP contribution in [0.1, 0.15) is 43.9 Å². The third kappa shape index (κ3) is 5.66. The van der Waals surface area contributed by atoms with Crippen molar-refractivity contribution in [3.8, 4) is 6.07 Å². The first-order valence-electron chi connectivity index (χ1n) is 10.6. The predicted octanol–water partition coefficient (Wildman–Crippen LogP) is 3.48. The number of hydrogen-bond acceptors (Lipinski definition) is 5. The summed E-state index contributed by atoms with van der Waals surface area (Å²) in [5, 5.41) is 14.2. The predicted molar refractivity (Wildman–Crippen MR) is 123 cm³/mol. The van der Waals surface area contributed by atoms with Crippen molar-refractivity contribution in [3.05, 3.63) is 65.0 Å². The molecule has 0 saturated heterocycles. The summed E-state index contributed by atoms with van der Waals surface area (Å²) in [7, 11) is 0. The molecule has 0 aliphatic carbocycles. The SMILES string of the molecule is CC(C)CC1(C)N=C(N)N(Cc2ccc(CNC(=O)Nc3cccc(C#N)c3)cc2F)C1=O. The second kappa shape index (κ2) is 9.69. The van der Waals surface area contributed by atoms with Crippen LogP contribution in [0.3, 0.4) is 0 Å². The van der Waals surface area contributed by atoms with E-state index in [9.17, 15) is 14.0 Å². The number of nitrogens with zero attached hydrogens (tertiary/aromatic N) is 3. The summed E-state index contributed by atoms with van der Waals surface area (Å²) in [5.41, 5.74) is 6.80. The zero-order valence-corrected chi connectivity index (χ0v) is 18.9. The highest BCUT2D eigenvalue weighted by Crippen LogP contribution is 2.29. The molecule has 1 atom stereocenters. The van der Waals surface area contributed by atoms with E-state index in [1.165, 1.54) is 11.0 Å². The van der Waals surface area contributed by atoms with E-state index in [0.29, 0.717) is 28.8 Å². The van der Waals surface area contributed by atoms with Gasteiger partial charge >= 0.3 is 6.03 Å². The Bertz CT molecular complexity index is 1140. The molecule has 172 valence electrons. The standard InChI is InChI=1S/C24H27FN6O2/c1-15(2)11-24(3)21(32)31(22(27)30-24)14-18-8-7-17(10-20(18)25)13-28-23(33)29-19-6-4-5-16(9-19)12-26/h4-10,15H,11,13-14H2,1-3H3,(H2,27,30)(H2,28,29,33). The molecule has 0 radical (unpaired) electrons. The average molecular weight is 451 g/mol. The van der Waals surface area contributed by atoms with Crippen LogP contribution >= 0.6 is 0 Å². The first-order valence-corrected chi connectivity index (χ1v) is 10.6. The van der Waals surface area contributed by atoms with E-state index in [-0.39, 0.29) is 30.9 Å². The van der Waals surface area contributed by atoms with Crippen LogP contribution < -0.4 is 16.4 Å². The normalized spacial score (nSPS) is 17.6. The van der Waals surface area contributed by atoms with Crippen molar-refractivity contribution < 1.29 is 14.0 Å². The number of nitrogens with two attached hydrogens (primary N) is 1. The van der Waals surface area contributed by atoms with Gasteiger partial charge in [0.05, 0.1) is 18.2 Å². The molecule has 0 spiro atoms. The minimum Gasteiger partial charge on any atom is -0.369 e. The Kier molecular flexibility index (Phi) is 6.97. The van der Waals surface area contributed by atoms with Crippen LogP contribution in [0, 0.1) is 23.1 Å². The molecule has 33 heavy (non-hydrogen) atoms. The number of benzene rings is 2. The maximum absolute atomic E-state index is 14.7. The fraction of sp³-hybridized carbons (Fsp3) is 0.333. The molecule has 3 rings (SSSR count). The molecule has 0 fully saturated rings. The van der Waals surface area contributed by atoms with Crippen molar-refractivity contribution in [2.24, 2.45) is 16.6 Å². The van der Waals surface area contributed by atoms with Crippen LogP contribution in [-0.2, 0) is 17.9 Å². The van der Waals surface area contributed by atoms with Crippen LogP contribution in [0.25, 0.3) is 0 Å². The van der Waals surface area contributed by atoms with Crippen molar-refractivity contribution in [2.75, 3.05) is 5.32 Å². The van der Waals surface area contributed by atoms with Gasteiger partial charge in [-0.25, -0.2) is 14.2 Å². The number of aliphatic imine (C=N–C) groups is 1. The van der Waals surface area contributed by atoms with Gasteiger partial charge in [-0.05, 0) is 49.1 Å². The van der Waals surface area contributed by atoms with E-state index in [0.717, 1.165) is 0 Å². The van der Waals surface area contributed by atoms with Crippen LogP contribution in [0.15, 0.2) is 47.5 Å². The highest BCUT2D eigenvalue weighted by molar-refractivity contribution is 6.06. The second-order valence-electron chi connectivity index (χ2n) is 8.66. The van der Waals surface area contributed by atoms with Gasteiger partial charge in [-0.2, -0.15) is 5.26 Å². The highest BCUT2D eigenvalue weighted by Gasteiger charge is 2.44. The number of urea groups is 1. The summed E-state index contributed by atoms with van der Waals surface area (Å²) < 4.78 is 14.7. The Hall–Kier alpha value is -3.93. The number of nitriles is 1. The van der Waals surface area contributed by atoms with Gasteiger partial charge in [-0.15, -0.1) is 0 Å². The molecule has 1 heterocycles. The Morgan fingerprint density at radius 2 is 2.06 bits per heavy atom. The summed E-state index contributed by atoms with van der Waals surface area (Å²) in [5.74, 6) is -0.401. The Morgan fingerprint density at radius 3 is 2.73 bits per heavy atom. The summed E-state index contributed by atoms with van der Waals surface area (Å²) in [6, 6.07) is 12.6. The molecule has 1 aliphatic rings. The number of anilines is 1. The fourth-order valence-corrected chi connectivity index (χ4v) is 3.86. The summed E-state index contributed by atoms with van der Waals surface area (Å²) >= 11 is 0. The lowest BCUT2D eigenvalue weighted by molar-refractivity contribution is -0.131. The van der Waals surface area contributed by atoms with Crippen LogP contribution in [0.4, 0.5) is 14.9 Å². The molecule has 3 amide bonds. The third-order valence-electron chi connectivity index (χ3n) is 5.30. The molecule has 0 bridgehead atoms. The molecular weight excluding hydrogens is 423 g/mol. The molecule has 9 heteroatoms. The smallest absolute Gasteiger partial charge is 0.319 e. The van der Waals surface area contributed by atoms with Gasteiger partial charge < -0.3 is 16.4 Å². The lowest BCUT2D eigenvalue weighted by Crippen LogP contribution is -2.43. The molecule has 0 aromatic heterocycles. The Balaban J connectivity index is 1.60. The van der Waals surface area contributed by atoms with Crippen LogP contribution in [-0.4, -0.2) is 28.3 Å². The lowest BCUT2D eigenvalue weighted by atomic mass is 9.91. The van der Waals surface area contributed by atoms with Crippen molar-refractivity contribution in [1.29, 1.82) is 5.26 Å². The molecule has 8 nitrogen and oxygen atoms in total. The topological polar surface area (TPSA) is 124 Å². The van der Waals surface area contributed by atoms with E-state index in [4.69, 9.17) is 11.0 Å². The summed E-state index contributed by atoms with van der Waals surface area (Å²) in [6.07, 6.45) is 0.555. The number of halogens is 1. The zero-order chi connectivity index (χ0) is 24.2. The number of carbonyl (C=O) groups excluding carboxylic acids is 2. The van der Waals surface area contributed by atoms with Gasteiger partial charge in [0.15, 0.2) is 5.96 Å². The number of hydrogen-bond donors (Lipinski definition) is 3. The van der Waals surface area contributed by atoms with E-state index in [1.807, 2.05) is 19.9 Å². The Morgan fingerprint density at radius 1 is 1.30 bits per heavy atom. The van der Waals surface area contributed by atoms with Gasteiger partial charge in [0.25, 0.3) is 5.91 Å². The molecule has 2 aromatic rings. The van der Waals surface area contributed by atoms with E-state index >= 15 is 0 Å². The van der Waals surface area contributed by atoms with Gasteiger partial charge in [-0.3, -0.25) is 9.69 Å². The number of guanidine groups is 1. The molecule has 1 unspecified atom stereocenters. The average Bonchev–Trinajstić information content (AvgIpc) is 2.95. The zero-order valence-electron chi connectivity index (χ0n) is 18.9. The highest BCUT2D eigenvalue weighted by atomic mass is 19.1. The maximum Gasteiger partial charge on any atom is 0.319 e. The summed E-state index contributed by atoms with van der Waals surface area (Å²) in [6.45, 7) is 5.83. The molecule has 1 aliphatic heterocycles. The van der Waals surface area contributed by atoms with Gasteiger partial charge in [0.2, 0.25) is 0 Å². The second-order valence-corrected chi connectivity index (χ2v) is 8.66. The molecule has 2 aromatic carbocycles. The Labute approximate surface area is 192 Å². The molecule has 0 saturated carbocycles. The lowest BCUT2D eigenvalue weighted by Gasteiger charge is -2.23. The number of carbonyl (C=O) groups is 2. The van der Waals surface area contributed by atoms with Crippen molar-refractivity contribution in [2.45, 2.75) is 45.8 Å². The molecular formula is C24H27FN6O2. The first-order chi connectivity index (χ1) is 15.6. The fourth-order valence-electron chi connectivity index (χ4n) is 3.86. The minimum atomic E-state index is -0.932. The maximum atomic E-state index is 14.7. The van der Waals surface area contributed by atoms with Gasteiger partial charge in [0, 0.05) is 17.8 Å². The van der Waals surface area contributed by atoms with Crippen LogP contribution in [0.2, 0.25) is 0 Å².